The largest absolute Gasteiger partial charge is 0.462 e. The standard InChI is InChI=1S/C56H98O12/c1-12-13-14-15-16-17-18-19-20-21-22-23-24-25-53(64)66-45(33-41(6)43(8)57)34-47(59)42(7)48(60)36-50(62)55(9,10)49(61)30-40(5)31-51(63)56(11)52-35-46(68-56)29-39(4)28-44(58)27-37(2)26-38(3)32-54(65)67-52/h31-32,37,39,42,44-52,58-63H,6,12-30,33-36H2,1-5,7-11H3/b38-32+,40-31+. The topological polar surface area (TPSA) is 200 Å². The first kappa shape index (κ1) is 61.7. The van der Waals surface area contributed by atoms with E-state index in [2.05, 4.69) is 27.4 Å². The summed E-state index contributed by atoms with van der Waals surface area (Å²) in [6.07, 6.45) is 13.4. The zero-order valence-corrected chi connectivity index (χ0v) is 44.2. The van der Waals surface area contributed by atoms with Crippen molar-refractivity contribution < 1.29 is 59.2 Å². The van der Waals surface area contributed by atoms with Gasteiger partial charge in [-0.25, -0.2) is 4.79 Å². The van der Waals surface area contributed by atoms with E-state index in [0.29, 0.717) is 44.1 Å². The molecule has 0 aromatic heterocycles. The molecule has 0 amide bonds. The van der Waals surface area contributed by atoms with Crippen molar-refractivity contribution in [3.8, 4) is 0 Å². The SMILES string of the molecule is C=C(CC(CC(O)C(C)C(O)CC(O)C(C)(C)C(O)C/C(C)=C/C(O)C1(C)OC2CC(C)CC(O)CC(C)C/C(C)=C/C(=O)OC1C2)OC(=O)CCCCCCCCCCCCCCC)C(C)=O. The number of rotatable bonds is 30. The van der Waals surface area contributed by atoms with Crippen LogP contribution in [0.3, 0.4) is 0 Å². The van der Waals surface area contributed by atoms with Crippen molar-refractivity contribution in [2.75, 3.05) is 0 Å². The summed E-state index contributed by atoms with van der Waals surface area (Å²) in [7, 11) is 0. The number of Topliss-reactive ketones (excluding diaryl/α,β-unsaturated/α-hetero) is 1. The van der Waals surface area contributed by atoms with E-state index < -0.39 is 77.7 Å². The van der Waals surface area contributed by atoms with Crippen molar-refractivity contribution in [3.63, 3.8) is 0 Å². The highest BCUT2D eigenvalue weighted by Gasteiger charge is 2.52. The average molecular weight is 963 g/mol. The van der Waals surface area contributed by atoms with Crippen LogP contribution in [0.5, 0.6) is 0 Å². The second kappa shape index (κ2) is 31.1. The molecule has 1 fully saturated rings. The van der Waals surface area contributed by atoms with Crippen LogP contribution in [0.25, 0.3) is 0 Å². The van der Waals surface area contributed by atoms with Crippen molar-refractivity contribution in [3.05, 3.63) is 35.5 Å². The highest BCUT2D eigenvalue weighted by atomic mass is 16.6. The van der Waals surface area contributed by atoms with Crippen molar-refractivity contribution in [1.82, 2.24) is 0 Å². The van der Waals surface area contributed by atoms with Crippen molar-refractivity contribution in [2.45, 2.75) is 277 Å². The molecule has 68 heavy (non-hydrogen) atoms. The third-order valence-electron chi connectivity index (χ3n) is 15.0. The van der Waals surface area contributed by atoms with Crippen molar-refractivity contribution in [2.24, 2.45) is 23.2 Å². The number of hydrogen-bond acceptors (Lipinski definition) is 12. The Kier molecular flexibility index (Phi) is 28.2. The Morgan fingerprint density at radius 2 is 1.38 bits per heavy atom. The van der Waals surface area contributed by atoms with Gasteiger partial charge >= 0.3 is 11.9 Å². The Morgan fingerprint density at radius 3 is 1.96 bits per heavy atom. The lowest BCUT2D eigenvalue weighted by atomic mass is 9.75. The molecule has 2 aliphatic rings. The number of unbranched alkanes of at least 4 members (excludes halogenated alkanes) is 12. The Balaban J connectivity index is 1.98. The van der Waals surface area contributed by atoms with Gasteiger partial charge in [0, 0.05) is 49.5 Å². The molecular formula is C56H98O12. The minimum absolute atomic E-state index is 0.0372. The lowest BCUT2D eigenvalue weighted by Gasteiger charge is -2.38. The number of esters is 2. The molecule has 0 spiro atoms. The van der Waals surface area contributed by atoms with Crippen molar-refractivity contribution >= 4 is 17.7 Å². The molecule has 0 saturated carbocycles. The molecule has 0 aromatic carbocycles. The van der Waals surface area contributed by atoms with Crippen LogP contribution in [0.1, 0.15) is 217 Å². The van der Waals surface area contributed by atoms with Gasteiger partial charge in [0.1, 0.15) is 23.9 Å². The van der Waals surface area contributed by atoms with E-state index in [4.69, 9.17) is 14.2 Å². The van der Waals surface area contributed by atoms with E-state index in [1.165, 1.54) is 70.8 Å². The molecule has 1 saturated heterocycles. The Hall–Kier alpha value is -2.45. The summed E-state index contributed by atoms with van der Waals surface area (Å²) in [5.74, 6) is -1.59. The molecule has 12 nitrogen and oxygen atoms in total. The number of aliphatic hydroxyl groups excluding tert-OH is 6. The number of fused-ring (bicyclic) bond motifs is 2. The summed E-state index contributed by atoms with van der Waals surface area (Å²) in [5, 5.41) is 68.1. The van der Waals surface area contributed by atoms with Crippen LogP contribution in [0.15, 0.2) is 35.5 Å². The van der Waals surface area contributed by atoms with Gasteiger partial charge in [-0.05, 0) is 83.6 Å². The second-order valence-electron chi connectivity index (χ2n) is 22.3. The monoisotopic (exact) mass is 963 g/mol. The van der Waals surface area contributed by atoms with Crippen LogP contribution in [0, 0.1) is 23.2 Å². The number of carbonyl (C=O) groups excluding carboxylic acids is 3. The van der Waals surface area contributed by atoms with Crippen LogP contribution < -0.4 is 0 Å². The molecule has 394 valence electrons. The Bertz CT molecular complexity index is 1570. The van der Waals surface area contributed by atoms with Crippen molar-refractivity contribution in [1.29, 1.82) is 0 Å². The summed E-state index contributed by atoms with van der Waals surface area (Å²) >= 11 is 0. The zero-order chi connectivity index (χ0) is 51.2. The molecule has 12 heteroatoms. The summed E-state index contributed by atoms with van der Waals surface area (Å²) in [6, 6.07) is 0. The van der Waals surface area contributed by atoms with E-state index in [-0.39, 0.29) is 61.4 Å². The van der Waals surface area contributed by atoms with Crippen LogP contribution in [-0.4, -0.2) is 109 Å². The van der Waals surface area contributed by atoms with E-state index >= 15 is 0 Å². The fourth-order valence-corrected chi connectivity index (χ4v) is 10.1. The normalized spacial score (nSPS) is 27.1. The number of aliphatic hydroxyl groups is 6. The lowest BCUT2D eigenvalue weighted by Crippen LogP contribution is -2.48. The number of allylic oxidation sites excluding steroid dienone is 1. The van der Waals surface area contributed by atoms with Gasteiger partial charge in [-0.1, -0.05) is 142 Å². The number of carbonyl (C=O) groups is 3. The molecule has 2 bridgehead atoms. The highest BCUT2D eigenvalue weighted by Crippen LogP contribution is 2.41. The van der Waals surface area contributed by atoms with Crippen LogP contribution in [-0.2, 0) is 28.6 Å². The van der Waals surface area contributed by atoms with E-state index in [0.717, 1.165) is 24.8 Å². The fourth-order valence-electron chi connectivity index (χ4n) is 10.1. The molecule has 13 unspecified atom stereocenters. The fraction of sp³-hybridized carbons (Fsp3) is 0.839. The van der Waals surface area contributed by atoms with Gasteiger partial charge in [-0.2, -0.15) is 0 Å². The maximum Gasteiger partial charge on any atom is 0.331 e. The maximum absolute atomic E-state index is 13.1. The second-order valence-corrected chi connectivity index (χ2v) is 22.3. The lowest BCUT2D eigenvalue weighted by molar-refractivity contribution is -0.164. The van der Waals surface area contributed by atoms with E-state index in [1.807, 2.05) is 6.92 Å². The minimum Gasteiger partial charge on any atom is -0.462 e. The van der Waals surface area contributed by atoms with Crippen LogP contribution >= 0.6 is 0 Å². The molecule has 0 radical (unpaired) electrons. The van der Waals surface area contributed by atoms with Crippen LogP contribution in [0.2, 0.25) is 0 Å². The minimum atomic E-state index is -1.29. The molecule has 2 rings (SSSR count). The number of ketones is 1. The third kappa shape index (κ3) is 22.3. The van der Waals surface area contributed by atoms with Gasteiger partial charge in [-0.15, -0.1) is 0 Å². The molecule has 0 aromatic rings. The molecular weight excluding hydrogens is 865 g/mol. The average Bonchev–Trinajstić information content (AvgIpc) is 3.55. The summed E-state index contributed by atoms with van der Waals surface area (Å²) in [4.78, 5) is 38.1. The van der Waals surface area contributed by atoms with Gasteiger partial charge in [-0.3, -0.25) is 9.59 Å². The Morgan fingerprint density at radius 1 is 0.838 bits per heavy atom. The molecule has 6 N–H and O–H groups in total. The first-order valence-electron chi connectivity index (χ1n) is 26.6. The summed E-state index contributed by atoms with van der Waals surface area (Å²) in [5.41, 5.74) is -0.700. The third-order valence-corrected chi connectivity index (χ3v) is 15.0. The number of ether oxygens (including phenoxy) is 3. The van der Waals surface area contributed by atoms with Gasteiger partial charge in [0.2, 0.25) is 0 Å². The van der Waals surface area contributed by atoms with Gasteiger partial charge in [0.25, 0.3) is 0 Å². The molecule has 2 heterocycles. The van der Waals surface area contributed by atoms with E-state index in [9.17, 15) is 45.0 Å². The zero-order valence-electron chi connectivity index (χ0n) is 44.2. The first-order chi connectivity index (χ1) is 31.9. The maximum atomic E-state index is 13.1. The molecule has 0 aliphatic carbocycles. The Labute approximate surface area is 411 Å². The predicted octanol–water partition coefficient (Wildman–Crippen LogP) is 10.1. The van der Waals surface area contributed by atoms with Gasteiger partial charge in [0.05, 0.1) is 36.6 Å². The van der Waals surface area contributed by atoms with Gasteiger partial charge in [0.15, 0.2) is 5.78 Å². The summed E-state index contributed by atoms with van der Waals surface area (Å²) in [6.45, 7) is 22.0. The molecule has 2 aliphatic heterocycles. The highest BCUT2D eigenvalue weighted by molar-refractivity contribution is 5.92. The summed E-state index contributed by atoms with van der Waals surface area (Å²) < 4.78 is 18.3. The number of hydrogen-bond donors (Lipinski definition) is 6. The van der Waals surface area contributed by atoms with Crippen LogP contribution in [0.4, 0.5) is 0 Å². The first-order valence-corrected chi connectivity index (χ1v) is 26.6. The van der Waals surface area contributed by atoms with Gasteiger partial charge < -0.3 is 44.8 Å². The quantitative estimate of drug-likeness (QED) is 0.0173. The smallest absolute Gasteiger partial charge is 0.331 e. The van der Waals surface area contributed by atoms with E-state index in [1.54, 1.807) is 40.7 Å². The molecule has 13 atom stereocenters. The predicted molar refractivity (Wildman–Crippen MR) is 270 cm³/mol.